The summed E-state index contributed by atoms with van der Waals surface area (Å²) < 4.78 is 1.75. The molecule has 1 atom stereocenters. The number of Topliss-reactive ketones (excluding diaryl/α,β-unsaturated/α-hetero) is 1. The molecule has 0 saturated carbocycles. The average Bonchev–Trinajstić information content (AvgIpc) is 3.25. The summed E-state index contributed by atoms with van der Waals surface area (Å²) in [6, 6.07) is 15.5. The van der Waals surface area contributed by atoms with Crippen LogP contribution in [-0.4, -0.2) is 25.5 Å². The minimum Gasteiger partial charge on any atom is -0.322 e. The molecule has 2 heterocycles. The number of carbonyl (C=O) groups excluding carboxylic acids is 1. The first-order chi connectivity index (χ1) is 12.7. The number of nitrogens with one attached hydrogen (secondary N) is 1. The van der Waals surface area contributed by atoms with Gasteiger partial charge < -0.3 is 4.98 Å². The van der Waals surface area contributed by atoms with E-state index >= 15 is 0 Å². The monoisotopic (exact) mass is 362 g/mol. The van der Waals surface area contributed by atoms with Crippen LogP contribution in [0.15, 0.2) is 54.7 Å². The predicted molar refractivity (Wildman–Crippen MR) is 100 cm³/mol. The van der Waals surface area contributed by atoms with Gasteiger partial charge in [-0.25, -0.2) is 9.67 Å². The van der Waals surface area contributed by atoms with Gasteiger partial charge in [0.25, 0.3) is 0 Å². The Bertz CT molecular complexity index is 1110. The molecule has 0 amide bonds. The van der Waals surface area contributed by atoms with Gasteiger partial charge in [-0.2, -0.15) is 5.10 Å². The Morgan fingerprint density at radius 3 is 2.73 bits per heavy atom. The van der Waals surface area contributed by atoms with E-state index in [4.69, 9.17) is 11.6 Å². The molecule has 1 N–H and O–H groups in total. The molecular formula is C20H15ClN4O. The maximum Gasteiger partial charge on any atom is 0.229 e. The fourth-order valence-corrected chi connectivity index (χ4v) is 3.98. The zero-order valence-electron chi connectivity index (χ0n) is 13.8. The van der Waals surface area contributed by atoms with Crippen LogP contribution in [0.1, 0.15) is 34.0 Å². The Hall–Kier alpha value is -2.92. The van der Waals surface area contributed by atoms with E-state index < -0.39 is 0 Å². The molecule has 0 bridgehead atoms. The van der Waals surface area contributed by atoms with Crippen molar-refractivity contribution in [2.75, 3.05) is 0 Å². The maximum atomic E-state index is 12.7. The summed E-state index contributed by atoms with van der Waals surface area (Å²) in [5.41, 5.74) is 4.37. The molecule has 0 saturated heterocycles. The third kappa shape index (κ3) is 2.35. The Kier molecular flexibility index (Phi) is 3.43. The smallest absolute Gasteiger partial charge is 0.229 e. The van der Waals surface area contributed by atoms with Crippen molar-refractivity contribution in [2.45, 2.75) is 18.8 Å². The third-order valence-corrected chi connectivity index (χ3v) is 5.31. The lowest BCUT2D eigenvalue weighted by atomic mass is 9.82. The Morgan fingerprint density at radius 1 is 1.08 bits per heavy atom. The van der Waals surface area contributed by atoms with E-state index in [0.29, 0.717) is 29.4 Å². The summed E-state index contributed by atoms with van der Waals surface area (Å²) in [6.07, 6.45) is 2.79. The van der Waals surface area contributed by atoms with Crippen LogP contribution in [0, 0.1) is 0 Å². The Morgan fingerprint density at radius 2 is 1.88 bits per heavy atom. The quantitative estimate of drug-likeness (QED) is 0.577. The molecule has 1 aliphatic carbocycles. The van der Waals surface area contributed by atoms with Gasteiger partial charge in [0.15, 0.2) is 5.78 Å². The molecule has 128 valence electrons. The number of H-pyrrole nitrogens is 1. The molecule has 4 aromatic rings. The lowest BCUT2D eigenvalue weighted by Crippen LogP contribution is -2.20. The van der Waals surface area contributed by atoms with Crippen molar-refractivity contribution in [3.8, 4) is 5.95 Å². The van der Waals surface area contributed by atoms with Gasteiger partial charge in [-0.3, -0.25) is 4.79 Å². The summed E-state index contributed by atoms with van der Waals surface area (Å²) in [4.78, 5) is 20.6. The Labute approximate surface area is 154 Å². The molecule has 0 spiro atoms. The van der Waals surface area contributed by atoms with Crippen LogP contribution < -0.4 is 0 Å². The van der Waals surface area contributed by atoms with Gasteiger partial charge in [0.05, 0.1) is 28.5 Å². The standard InChI is InChI=1S/C20H15ClN4O/c21-15-6-2-1-5-13(15)12-9-18-14(19(26)10-12)11-22-25(18)20-23-16-7-3-4-8-17(16)24-20/h1-8,11-12H,9-10H2,(H,23,24)/t12-/m0/s1. The van der Waals surface area contributed by atoms with Crippen LogP contribution in [0.3, 0.4) is 0 Å². The lowest BCUT2D eigenvalue weighted by molar-refractivity contribution is 0.0964. The minimum atomic E-state index is 0.0449. The first kappa shape index (κ1) is 15.3. The van der Waals surface area contributed by atoms with E-state index in [1.54, 1.807) is 10.9 Å². The van der Waals surface area contributed by atoms with Gasteiger partial charge >= 0.3 is 0 Å². The number of benzene rings is 2. The average molecular weight is 363 g/mol. The van der Waals surface area contributed by atoms with Gasteiger partial charge in [0.1, 0.15) is 0 Å². The van der Waals surface area contributed by atoms with Crippen molar-refractivity contribution in [3.63, 3.8) is 0 Å². The second kappa shape index (κ2) is 5.81. The molecule has 0 radical (unpaired) electrons. The lowest BCUT2D eigenvalue weighted by Gasteiger charge is -2.23. The number of hydrogen-bond donors (Lipinski definition) is 1. The van der Waals surface area contributed by atoms with E-state index in [-0.39, 0.29) is 11.7 Å². The number of aromatic amines is 1. The van der Waals surface area contributed by atoms with Gasteiger partial charge in [-0.15, -0.1) is 0 Å². The molecule has 5 nitrogen and oxygen atoms in total. The van der Waals surface area contributed by atoms with E-state index in [1.165, 1.54) is 0 Å². The number of para-hydroxylation sites is 2. The molecule has 6 heteroatoms. The van der Waals surface area contributed by atoms with Crippen LogP contribution in [0.5, 0.6) is 0 Å². The van der Waals surface area contributed by atoms with E-state index in [9.17, 15) is 4.79 Å². The number of imidazole rings is 1. The van der Waals surface area contributed by atoms with Gasteiger partial charge in [-0.05, 0) is 36.1 Å². The number of halogens is 1. The predicted octanol–water partition coefficient (Wildman–Crippen LogP) is 4.31. The maximum absolute atomic E-state index is 12.7. The van der Waals surface area contributed by atoms with E-state index in [1.807, 2.05) is 48.5 Å². The number of fused-ring (bicyclic) bond motifs is 2. The van der Waals surface area contributed by atoms with Crippen molar-refractivity contribution < 1.29 is 4.79 Å². The van der Waals surface area contributed by atoms with Crippen molar-refractivity contribution >= 4 is 28.4 Å². The molecule has 26 heavy (non-hydrogen) atoms. The zero-order valence-corrected chi connectivity index (χ0v) is 14.6. The molecular weight excluding hydrogens is 348 g/mol. The molecule has 0 unspecified atom stereocenters. The summed E-state index contributed by atoms with van der Waals surface area (Å²) in [7, 11) is 0. The molecule has 2 aromatic carbocycles. The minimum absolute atomic E-state index is 0.0449. The van der Waals surface area contributed by atoms with Crippen LogP contribution in [0.2, 0.25) is 5.02 Å². The first-order valence-corrected chi connectivity index (χ1v) is 8.88. The topological polar surface area (TPSA) is 63.6 Å². The van der Waals surface area contributed by atoms with Crippen molar-refractivity contribution in [1.29, 1.82) is 0 Å². The number of rotatable bonds is 2. The summed E-state index contributed by atoms with van der Waals surface area (Å²) in [5.74, 6) is 0.766. The summed E-state index contributed by atoms with van der Waals surface area (Å²) >= 11 is 6.36. The molecule has 1 aliphatic rings. The highest BCUT2D eigenvalue weighted by molar-refractivity contribution is 6.31. The summed E-state index contributed by atoms with van der Waals surface area (Å²) in [5, 5.41) is 5.13. The number of nitrogens with zero attached hydrogens (tertiary/aromatic N) is 3. The van der Waals surface area contributed by atoms with Crippen LogP contribution in [0.25, 0.3) is 17.0 Å². The molecule has 0 aliphatic heterocycles. The van der Waals surface area contributed by atoms with Crippen molar-refractivity contribution in [2.24, 2.45) is 0 Å². The molecule has 5 rings (SSSR count). The summed E-state index contributed by atoms with van der Waals surface area (Å²) in [6.45, 7) is 0. The van der Waals surface area contributed by atoms with Gasteiger partial charge in [0.2, 0.25) is 5.95 Å². The van der Waals surface area contributed by atoms with Crippen molar-refractivity contribution in [3.05, 3.63) is 76.6 Å². The number of aromatic nitrogens is 4. The van der Waals surface area contributed by atoms with E-state index in [0.717, 1.165) is 22.3 Å². The number of carbonyl (C=O) groups is 1. The second-order valence-corrected chi connectivity index (χ2v) is 6.95. The van der Waals surface area contributed by atoms with Crippen LogP contribution in [-0.2, 0) is 6.42 Å². The fourth-order valence-electron chi connectivity index (χ4n) is 3.69. The van der Waals surface area contributed by atoms with Crippen molar-refractivity contribution in [1.82, 2.24) is 19.7 Å². The van der Waals surface area contributed by atoms with Gasteiger partial charge in [-0.1, -0.05) is 41.9 Å². The van der Waals surface area contributed by atoms with Crippen LogP contribution in [0.4, 0.5) is 0 Å². The SMILES string of the molecule is O=C1C[C@@H](c2ccccc2Cl)Cc2c1cnn2-c1nc2ccccc2[nH]1. The highest BCUT2D eigenvalue weighted by Crippen LogP contribution is 2.36. The first-order valence-electron chi connectivity index (χ1n) is 8.50. The van der Waals surface area contributed by atoms with Gasteiger partial charge in [0, 0.05) is 11.4 Å². The number of hydrogen-bond acceptors (Lipinski definition) is 3. The number of ketones is 1. The molecule has 2 aromatic heterocycles. The highest BCUT2D eigenvalue weighted by Gasteiger charge is 2.31. The zero-order chi connectivity index (χ0) is 17.7. The third-order valence-electron chi connectivity index (χ3n) is 4.96. The van der Waals surface area contributed by atoms with Crippen LogP contribution >= 0.6 is 11.6 Å². The normalized spacial score (nSPS) is 16.8. The fraction of sp³-hybridized carbons (Fsp3) is 0.150. The Balaban J connectivity index is 1.60. The highest BCUT2D eigenvalue weighted by atomic mass is 35.5. The van der Waals surface area contributed by atoms with E-state index in [2.05, 4.69) is 15.1 Å². The second-order valence-electron chi connectivity index (χ2n) is 6.54. The largest absolute Gasteiger partial charge is 0.322 e. The molecule has 0 fully saturated rings.